The van der Waals surface area contributed by atoms with Gasteiger partial charge in [-0.25, -0.2) is 4.98 Å². The highest BCUT2D eigenvalue weighted by atomic mass is 15.1. The van der Waals surface area contributed by atoms with Crippen LogP contribution in [0.25, 0.3) is 0 Å². The number of hydrogen-bond acceptors (Lipinski definition) is 3. The number of imidazole rings is 1. The summed E-state index contributed by atoms with van der Waals surface area (Å²) in [6.07, 6.45) is 6.34. The second kappa shape index (κ2) is 4.77. The summed E-state index contributed by atoms with van der Waals surface area (Å²) < 4.78 is 1.91. The van der Waals surface area contributed by atoms with E-state index in [-0.39, 0.29) is 0 Å². The van der Waals surface area contributed by atoms with Crippen LogP contribution < -0.4 is 5.32 Å². The Hall–Kier alpha value is -1.34. The Kier molecular flexibility index (Phi) is 3.66. The van der Waals surface area contributed by atoms with Crippen LogP contribution in [-0.4, -0.2) is 21.6 Å². The van der Waals surface area contributed by atoms with Gasteiger partial charge in [-0.1, -0.05) is 6.92 Å². The van der Waals surface area contributed by atoms with Crippen LogP contribution in [0.15, 0.2) is 18.7 Å². The van der Waals surface area contributed by atoms with E-state index in [2.05, 4.69) is 23.3 Å². The number of rotatable bonds is 5. The molecule has 0 spiro atoms. The van der Waals surface area contributed by atoms with Gasteiger partial charge in [0.1, 0.15) is 5.54 Å². The van der Waals surface area contributed by atoms with E-state index in [9.17, 15) is 0 Å². The largest absolute Gasteiger partial charge is 0.335 e. The van der Waals surface area contributed by atoms with Crippen LogP contribution in [0.3, 0.4) is 0 Å². The van der Waals surface area contributed by atoms with E-state index in [1.165, 1.54) is 0 Å². The molecule has 0 bridgehead atoms. The summed E-state index contributed by atoms with van der Waals surface area (Å²) in [6, 6.07) is 2.29. The minimum Gasteiger partial charge on any atom is -0.335 e. The third-order valence-corrected chi connectivity index (χ3v) is 2.07. The number of nitrogens with zero attached hydrogens (tertiary/aromatic N) is 3. The van der Waals surface area contributed by atoms with Crippen molar-refractivity contribution in [1.29, 1.82) is 5.26 Å². The molecule has 0 saturated heterocycles. The maximum Gasteiger partial charge on any atom is 0.122 e. The van der Waals surface area contributed by atoms with Gasteiger partial charge in [0.2, 0.25) is 0 Å². The molecule has 0 saturated carbocycles. The zero-order valence-electron chi connectivity index (χ0n) is 8.70. The summed E-state index contributed by atoms with van der Waals surface area (Å²) >= 11 is 0. The molecule has 1 N–H and O–H groups in total. The van der Waals surface area contributed by atoms with Gasteiger partial charge in [-0.15, -0.1) is 0 Å². The van der Waals surface area contributed by atoms with Gasteiger partial charge in [0.15, 0.2) is 0 Å². The normalized spacial score (nSPS) is 14.6. The van der Waals surface area contributed by atoms with Crippen molar-refractivity contribution in [1.82, 2.24) is 14.9 Å². The molecular weight excluding hydrogens is 176 g/mol. The third-order valence-electron chi connectivity index (χ3n) is 2.07. The number of nitriles is 1. The van der Waals surface area contributed by atoms with E-state index in [1.54, 1.807) is 12.5 Å². The van der Waals surface area contributed by atoms with Gasteiger partial charge in [-0.2, -0.15) is 5.26 Å². The lowest BCUT2D eigenvalue weighted by atomic mass is 10.0. The first kappa shape index (κ1) is 10.7. The number of aromatic nitrogens is 2. The zero-order chi connectivity index (χ0) is 10.4. The molecule has 1 atom stereocenters. The summed E-state index contributed by atoms with van der Waals surface area (Å²) in [5, 5.41) is 12.3. The fourth-order valence-electron chi connectivity index (χ4n) is 1.28. The van der Waals surface area contributed by atoms with E-state index in [0.29, 0.717) is 6.54 Å². The lowest BCUT2D eigenvalue weighted by molar-refractivity contribution is 0.388. The Morgan fingerprint density at radius 1 is 1.64 bits per heavy atom. The fraction of sp³-hybridized carbons (Fsp3) is 0.600. The average molecular weight is 192 g/mol. The van der Waals surface area contributed by atoms with Crippen LogP contribution in [0, 0.1) is 11.3 Å². The van der Waals surface area contributed by atoms with E-state index in [0.717, 1.165) is 13.0 Å². The van der Waals surface area contributed by atoms with Crippen molar-refractivity contribution in [2.24, 2.45) is 0 Å². The molecule has 0 radical (unpaired) electrons. The molecule has 76 valence electrons. The fourth-order valence-corrected chi connectivity index (χ4v) is 1.28. The number of hydrogen-bond donors (Lipinski definition) is 1. The Morgan fingerprint density at radius 3 is 2.93 bits per heavy atom. The monoisotopic (exact) mass is 192 g/mol. The quantitative estimate of drug-likeness (QED) is 0.761. The lowest BCUT2D eigenvalue weighted by Crippen LogP contribution is -2.44. The van der Waals surface area contributed by atoms with Crippen molar-refractivity contribution in [2.75, 3.05) is 6.54 Å². The second-order valence-electron chi connectivity index (χ2n) is 3.61. The van der Waals surface area contributed by atoms with Crippen molar-refractivity contribution in [3.63, 3.8) is 0 Å². The molecule has 0 amide bonds. The molecule has 1 aromatic heterocycles. The number of nitrogens with one attached hydrogen (secondary N) is 1. The van der Waals surface area contributed by atoms with Gasteiger partial charge in [0, 0.05) is 12.4 Å². The van der Waals surface area contributed by atoms with Crippen LogP contribution in [0.4, 0.5) is 0 Å². The molecule has 0 aliphatic carbocycles. The molecule has 0 fully saturated rings. The maximum absolute atomic E-state index is 9.06. The predicted octanol–water partition coefficient (Wildman–Crippen LogP) is 1.16. The van der Waals surface area contributed by atoms with Gasteiger partial charge >= 0.3 is 0 Å². The van der Waals surface area contributed by atoms with Gasteiger partial charge in [0.25, 0.3) is 0 Å². The Morgan fingerprint density at radius 2 is 2.43 bits per heavy atom. The van der Waals surface area contributed by atoms with Crippen LogP contribution >= 0.6 is 0 Å². The Bertz CT molecular complexity index is 298. The lowest BCUT2D eigenvalue weighted by Gasteiger charge is -2.23. The smallest absolute Gasteiger partial charge is 0.122 e. The van der Waals surface area contributed by atoms with Gasteiger partial charge < -0.3 is 4.57 Å². The third kappa shape index (κ3) is 2.86. The summed E-state index contributed by atoms with van der Waals surface area (Å²) in [5.41, 5.74) is -0.503. The van der Waals surface area contributed by atoms with E-state index in [1.807, 2.05) is 17.7 Å². The molecule has 1 heterocycles. The highest BCUT2D eigenvalue weighted by Gasteiger charge is 2.22. The first-order valence-corrected chi connectivity index (χ1v) is 4.82. The zero-order valence-corrected chi connectivity index (χ0v) is 8.70. The Balaban J connectivity index is 2.58. The summed E-state index contributed by atoms with van der Waals surface area (Å²) in [5.74, 6) is 0. The van der Waals surface area contributed by atoms with Crippen molar-refractivity contribution >= 4 is 0 Å². The first-order chi connectivity index (χ1) is 6.70. The summed E-state index contributed by atoms with van der Waals surface area (Å²) in [7, 11) is 0. The van der Waals surface area contributed by atoms with Crippen LogP contribution in [0.1, 0.15) is 20.3 Å². The van der Waals surface area contributed by atoms with Gasteiger partial charge in [0.05, 0.1) is 18.9 Å². The molecule has 0 aromatic carbocycles. The van der Waals surface area contributed by atoms with E-state index < -0.39 is 5.54 Å². The van der Waals surface area contributed by atoms with Crippen molar-refractivity contribution in [3.05, 3.63) is 18.7 Å². The SMILES string of the molecule is CCCNC(C)(C#N)Cn1ccnc1. The molecule has 4 nitrogen and oxygen atoms in total. The minimum atomic E-state index is -0.503. The van der Waals surface area contributed by atoms with Crippen molar-refractivity contribution < 1.29 is 0 Å². The van der Waals surface area contributed by atoms with Gasteiger partial charge in [-0.05, 0) is 19.9 Å². The average Bonchev–Trinajstić information content (AvgIpc) is 2.67. The standard InChI is InChI=1S/C10H16N4/c1-3-4-13-10(2,7-11)8-14-6-5-12-9-14/h5-6,9,13H,3-4,8H2,1-2H3. The molecule has 14 heavy (non-hydrogen) atoms. The highest BCUT2D eigenvalue weighted by molar-refractivity contribution is 5.04. The Labute approximate surface area is 84.6 Å². The van der Waals surface area contributed by atoms with Crippen molar-refractivity contribution in [3.8, 4) is 6.07 Å². The summed E-state index contributed by atoms with van der Waals surface area (Å²) in [6.45, 7) is 5.48. The first-order valence-electron chi connectivity index (χ1n) is 4.82. The molecule has 1 rings (SSSR count). The van der Waals surface area contributed by atoms with Gasteiger partial charge in [-0.3, -0.25) is 5.32 Å². The topological polar surface area (TPSA) is 53.6 Å². The molecule has 4 heteroatoms. The minimum absolute atomic E-state index is 0.503. The molecule has 0 aliphatic rings. The highest BCUT2D eigenvalue weighted by Crippen LogP contribution is 2.06. The molecule has 1 aromatic rings. The van der Waals surface area contributed by atoms with E-state index in [4.69, 9.17) is 5.26 Å². The second-order valence-corrected chi connectivity index (χ2v) is 3.61. The van der Waals surface area contributed by atoms with Crippen molar-refractivity contribution in [2.45, 2.75) is 32.4 Å². The van der Waals surface area contributed by atoms with Crippen LogP contribution in [0.2, 0.25) is 0 Å². The molecule has 0 aliphatic heterocycles. The van der Waals surface area contributed by atoms with E-state index >= 15 is 0 Å². The van der Waals surface area contributed by atoms with Crippen LogP contribution in [0.5, 0.6) is 0 Å². The molecular formula is C10H16N4. The summed E-state index contributed by atoms with van der Waals surface area (Å²) in [4.78, 5) is 3.95. The predicted molar refractivity (Wildman–Crippen MR) is 54.5 cm³/mol. The van der Waals surface area contributed by atoms with Crippen LogP contribution in [-0.2, 0) is 6.54 Å². The molecule has 1 unspecified atom stereocenters. The maximum atomic E-state index is 9.06.